The van der Waals surface area contributed by atoms with Gasteiger partial charge in [0, 0.05) is 37.9 Å². The minimum absolute atomic E-state index is 0.187. The number of pyridine rings is 1. The molecule has 1 aromatic carbocycles. The number of benzene rings is 1. The number of amides is 1. The number of nitrogens with one attached hydrogen (secondary N) is 1. The van der Waals surface area contributed by atoms with Crippen molar-refractivity contribution in [1.82, 2.24) is 4.57 Å². The van der Waals surface area contributed by atoms with Crippen LogP contribution in [0.15, 0.2) is 41.3 Å². The maximum atomic E-state index is 13.8. The summed E-state index contributed by atoms with van der Waals surface area (Å²) in [6, 6.07) is 6.30. The largest absolute Gasteiger partial charge is 0.383 e. The minimum atomic E-state index is -0.638. The molecule has 25 heavy (non-hydrogen) atoms. The molecule has 0 saturated heterocycles. The molecule has 1 N–H and O–H groups in total. The highest BCUT2D eigenvalue weighted by Gasteiger charge is 2.45. The number of aromatic nitrogens is 1. The van der Waals surface area contributed by atoms with Crippen LogP contribution in [0.25, 0.3) is 0 Å². The van der Waals surface area contributed by atoms with Crippen molar-refractivity contribution in [2.75, 3.05) is 19.0 Å². The Morgan fingerprint density at radius 2 is 2.12 bits per heavy atom. The van der Waals surface area contributed by atoms with Gasteiger partial charge in [0.2, 0.25) is 5.91 Å². The predicted octanol–water partition coefficient (Wildman–Crippen LogP) is 2.52. The molecule has 1 aromatic heterocycles. The Morgan fingerprint density at radius 3 is 2.84 bits per heavy atom. The van der Waals surface area contributed by atoms with E-state index in [1.54, 1.807) is 13.3 Å². The minimum Gasteiger partial charge on any atom is -0.383 e. The Morgan fingerprint density at radius 1 is 1.32 bits per heavy atom. The molecule has 2 atom stereocenters. The van der Waals surface area contributed by atoms with Crippen molar-refractivity contribution >= 4 is 11.6 Å². The lowest BCUT2D eigenvalue weighted by atomic mass is 10.1. The number of rotatable bonds is 6. The quantitative estimate of drug-likeness (QED) is 0.873. The fourth-order valence-electron chi connectivity index (χ4n) is 2.84. The number of ether oxygens (including phenoxy) is 1. The number of anilines is 1. The second-order valence-electron chi connectivity index (χ2n) is 6.05. The normalized spacial score (nSPS) is 18.8. The van der Waals surface area contributed by atoms with Crippen molar-refractivity contribution in [3.8, 4) is 0 Å². The molecule has 0 unspecified atom stereocenters. The molecule has 7 heteroatoms. The fourth-order valence-corrected chi connectivity index (χ4v) is 2.84. The first-order valence-corrected chi connectivity index (χ1v) is 7.95. The lowest BCUT2D eigenvalue weighted by molar-refractivity contribution is -0.117. The summed E-state index contributed by atoms with van der Waals surface area (Å²) in [6.45, 7) is 0.762. The fraction of sp³-hybridized carbons (Fsp3) is 0.333. The van der Waals surface area contributed by atoms with Crippen molar-refractivity contribution in [2.45, 2.75) is 18.9 Å². The molecule has 1 aliphatic rings. The van der Waals surface area contributed by atoms with E-state index in [1.165, 1.54) is 28.8 Å². The van der Waals surface area contributed by atoms with Crippen LogP contribution in [-0.4, -0.2) is 24.2 Å². The molecule has 5 nitrogen and oxygen atoms in total. The summed E-state index contributed by atoms with van der Waals surface area (Å²) in [5, 5.41) is 2.74. The van der Waals surface area contributed by atoms with Gasteiger partial charge in [-0.15, -0.1) is 0 Å². The Bertz CT molecular complexity index is 850. The molecule has 0 radical (unpaired) electrons. The van der Waals surface area contributed by atoms with E-state index in [0.29, 0.717) is 30.8 Å². The Hall–Kier alpha value is -2.54. The maximum absolute atomic E-state index is 13.8. The molecule has 1 saturated carbocycles. The highest BCUT2D eigenvalue weighted by atomic mass is 19.1. The van der Waals surface area contributed by atoms with Gasteiger partial charge in [-0.1, -0.05) is 6.07 Å². The van der Waals surface area contributed by atoms with Crippen LogP contribution in [0.3, 0.4) is 0 Å². The van der Waals surface area contributed by atoms with E-state index in [0.717, 1.165) is 6.07 Å². The summed E-state index contributed by atoms with van der Waals surface area (Å²) in [5.74, 6) is -2.13. The lowest BCUT2D eigenvalue weighted by Gasteiger charge is -2.09. The van der Waals surface area contributed by atoms with Gasteiger partial charge in [0.15, 0.2) is 0 Å². The van der Waals surface area contributed by atoms with Crippen LogP contribution in [-0.2, 0) is 16.1 Å². The van der Waals surface area contributed by atoms with E-state index in [4.69, 9.17) is 4.74 Å². The third kappa shape index (κ3) is 3.93. The lowest BCUT2D eigenvalue weighted by Crippen LogP contribution is -2.22. The average Bonchev–Trinajstić information content (AvgIpc) is 3.36. The highest BCUT2D eigenvalue weighted by Crippen LogP contribution is 2.48. The second-order valence-corrected chi connectivity index (χ2v) is 6.05. The van der Waals surface area contributed by atoms with Gasteiger partial charge in [0.25, 0.3) is 5.56 Å². The first kappa shape index (κ1) is 17.3. The van der Waals surface area contributed by atoms with Crippen molar-refractivity contribution in [3.05, 3.63) is 64.1 Å². The van der Waals surface area contributed by atoms with E-state index in [-0.39, 0.29) is 23.3 Å². The molecule has 1 aliphatic carbocycles. The molecule has 1 fully saturated rings. The van der Waals surface area contributed by atoms with Gasteiger partial charge >= 0.3 is 0 Å². The summed E-state index contributed by atoms with van der Waals surface area (Å²) in [7, 11) is 1.54. The standard InChI is InChI=1S/C18H18F2N2O3/c1-25-7-6-22-10-12(3-5-17(22)23)21-18(24)15-9-14(15)13-4-2-11(19)8-16(13)20/h2-5,8,10,14-15H,6-7,9H2,1H3,(H,21,24)/t14-,15+/m0/s1. The summed E-state index contributed by atoms with van der Waals surface area (Å²) in [5.41, 5.74) is 0.658. The summed E-state index contributed by atoms with van der Waals surface area (Å²) < 4.78 is 33.2. The molecule has 132 valence electrons. The van der Waals surface area contributed by atoms with Crippen molar-refractivity contribution < 1.29 is 18.3 Å². The zero-order chi connectivity index (χ0) is 18.0. The van der Waals surface area contributed by atoms with E-state index in [2.05, 4.69) is 5.32 Å². The predicted molar refractivity (Wildman–Crippen MR) is 88.4 cm³/mol. The number of carbonyl (C=O) groups is 1. The third-order valence-corrected chi connectivity index (χ3v) is 4.28. The van der Waals surface area contributed by atoms with E-state index < -0.39 is 11.6 Å². The van der Waals surface area contributed by atoms with Crippen molar-refractivity contribution in [3.63, 3.8) is 0 Å². The molecule has 3 rings (SSSR count). The molecule has 2 aromatic rings. The van der Waals surface area contributed by atoms with Gasteiger partial charge in [-0.2, -0.15) is 0 Å². The number of hydrogen-bond donors (Lipinski definition) is 1. The molecular weight excluding hydrogens is 330 g/mol. The molecule has 0 aliphatic heterocycles. The third-order valence-electron chi connectivity index (χ3n) is 4.28. The highest BCUT2D eigenvalue weighted by molar-refractivity contribution is 5.95. The zero-order valence-electron chi connectivity index (χ0n) is 13.7. The molecule has 0 spiro atoms. The summed E-state index contributed by atoms with van der Waals surface area (Å²) in [4.78, 5) is 24.1. The summed E-state index contributed by atoms with van der Waals surface area (Å²) >= 11 is 0. The number of halogens is 2. The smallest absolute Gasteiger partial charge is 0.250 e. The maximum Gasteiger partial charge on any atom is 0.250 e. The van der Waals surface area contributed by atoms with Gasteiger partial charge < -0.3 is 14.6 Å². The molecule has 1 heterocycles. The topological polar surface area (TPSA) is 60.3 Å². The van der Waals surface area contributed by atoms with Crippen LogP contribution in [0.5, 0.6) is 0 Å². The van der Waals surface area contributed by atoms with Gasteiger partial charge in [0.05, 0.1) is 12.3 Å². The van der Waals surface area contributed by atoms with Crippen LogP contribution in [0.2, 0.25) is 0 Å². The number of hydrogen-bond acceptors (Lipinski definition) is 3. The van der Waals surface area contributed by atoms with Gasteiger partial charge in [-0.25, -0.2) is 8.78 Å². The first-order chi connectivity index (χ1) is 12.0. The Kier molecular flexibility index (Phi) is 4.94. The van der Waals surface area contributed by atoms with Crippen molar-refractivity contribution in [2.24, 2.45) is 5.92 Å². The van der Waals surface area contributed by atoms with E-state index in [1.807, 2.05) is 0 Å². The zero-order valence-corrected chi connectivity index (χ0v) is 13.7. The van der Waals surface area contributed by atoms with Crippen LogP contribution in [0, 0.1) is 17.6 Å². The van der Waals surface area contributed by atoms with E-state index in [9.17, 15) is 18.4 Å². The summed E-state index contributed by atoms with van der Waals surface area (Å²) in [6.07, 6.45) is 2.06. The number of carbonyl (C=O) groups excluding carboxylic acids is 1. The average molecular weight is 348 g/mol. The first-order valence-electron chi connectivity index (χ1n) is 7.95. The molecular formula is C18H18F2N2O3. The van der Waals surface area contributed by atoms with Crippen LogP contribution < -0.4 is 10.9 Å². The Balaban J connectivity index is 1.66. The van der Waals surface area contributed by atoms with Gasteiger partial charge in [-0.3, -0.25) is 9.59 Å². The molecule has 0 bridgehead atoms. The number of methoxy groups -OCH3 is 1. The van der Waals surface area contributed by atoms with Crippen LogP contribution in [0.4, 0.5) is 14.5 Å². The monoisotopic (exact) mass is 348 g/mol. The Labute approximate surface area is 143 Å². The number of nitrogens with zero attached hydrogens (tertiary/aromatic N) is 1. The van der Waals surface area contributed by atoms with Crippen LogP contribution in [0.1, 0.15) is 17.9 Å². The SMILES string of the molecule is COCCn1cc(NC(=O)[C@@H]2C[C@H]2c2ccc(F)cc2F)ccc1=O. The van der Waals surface area contributed by atoms with Gasteiger partial charge in [0.1, 0.15) is 11.6 Å². The molecule has 1 amide bonds. The second kappa shape index (κ2) is 7.14. The van der Waals surface area contributed by atoms with E-state index >= 15 is 0 Å². The van der Waals surface area contributed by atoms with Crippen LogP contribution >= 0.6 is 0 Å². The van der Waals surface area contributed by atoms with Gasteiger partial charge in [-0.05, 0) is 30.0 Å². The van der Waals surface area contributed by atoms with Crippen molar-refractivity contribution in [1.29, 1.82) is 0 Å².